The summed E-state index contributed by atoms with van der Waals surface area (Å²) in [6.07, 6.45) is 0.120. The number of carbonyl (C=O) groups is 1. The Labute approximate surface area is 171 Å². The molecule has 1 aromatic rings. The number of likely N-dealkylation sites (N-methyl/N-ethyl adjacent to an activating group) is 1. The van der Waals surface area contributed by atoms with E-state index >= 15 is 0 Å². The van der Waals surface area contributed by atoms with Crippen LogP contribution in [0.15, 0.2) is 4.90 Å². The molecule has 0 unspecified atom stereocenters. The summed E-state index contributed by atoms with van der Waals surface area (Å²) in [4.78, 5) is 14.6. The molecular formula is C21H37N3O3S. The average molecular weight is 412 g/mol. The predicted molar refractivity (Wildman–Crippen MR) is 115 cm³/mol. The van der Waals surface area contributed by atoms with Crippen LogP contribution in [0.1, 0.15) is 55.0 Å². The zero-order chi connectivity index (χ0) is 21.6. The quantitative estimate of drug-likeness (QED) is 0.620. The highest BCUT2D eigenvalue weighted by Gasteiger charge is 2.23. The monoisotopic (exact) mass is 411 g/mol. The van der Waals surface area contributed by atoms with E-state index < -0.39 is 10.0 Å². The maximum Gasteiger partial charge on any atom is 0.241 e. The zero-order valence-electron chi connectivity index (χ0n) is 18.7. The van der Waals surface area contributed by atoms with Crippen LogP contribution in [0, 0.1) is 34.6 Å². The highest BCUT2D eigenvalue weighted by Crippen LogP contribution is 2.29. The van der Waals surface area contributed by atoms with Crippen molar-refractivity contribution >= 4 is 15.9 Å². The summed E-state index contributed by atoms with van der Waals surface area (Å²) >= 11 is 0. The number of sulfonamides is 1. The van der Waals surface area contributed by atoms with Crippen LogP contribution in [0.2, 0.25) is 0 Å². The van der Waals surface area contributed by atoms with Gasteiger partial charge in [-0.2, -0.15) is 0 Å². The summed E-state index contributed by atoms with van der Waals surface area (Å²) in [5.74, 6) is -0.146. The Hall–Kier alpha value is -1.44. The Kier molecular flexibility index (Phi) is 9.11. The smallest absolute Gasteiger partial charge is 0.241 e. The van der Waals surface area contributed by atoms with Crippen LogP contribution in [-0.4, -0.2) is 51.4 Å². The molecule has 0 saturated carbocycles. The van der Waals surface area contributed by atoms with E-state index in [1.165, 1.54) is 0 Å². The summed E-state index contributed by atoms with van der Waals surface area (Å²) in [5, 5.41) is 2.86. The molecule has 0 aliphatic rings. The standard InChI is InChI=1S/C21H37N3O3S/c1-9-24(14(2)3)13-12-22-20(25)10-11-23-28(26,27)21-18(7)16(5)15(4)17(6)19(21)8/h14,23H,9-13H2,1-8H3,(H,22,25). The number of carbonyl (C=O) groups excluding carboxylic acids is 1. The third-order valence-electron chi connectivity index (χ3n) is 5.70. The van der Waals surface area contributed by atoms with Crippen molar-refractivity contribution in [3.8, 4) is 0 Å². The van der Waals surface area contributed by atoms with Gasteiger partial charge in [-0.15, -0.1) is 0 Å². The van der Waals surface area contributed by atoms with Crippen molar-refractivity contribution < 1.29 is 13.2 Å². The van der Waals surface area contributed by atoms with E-state index in [1.54, 1.807) is 0 Å². The fourth-order valence-electron chi connectivity index (χ4n) is 3.45. The number of rotatable bonds is 10. The van der Waals surface area contributed by atoms with E-state index in [0.717, 1.165) is 40.9 Å². The third-order valence-corrected chi connectivity index (χ3v) is 7.44. The molecule has 0 aromatic heterocycles. The summed E-state index contributed by atoms with van der Waals surface area (Å²) in [5.41, 5.74) is 4.64. The van der Waals surface area contributed by atoms with Crippen LogP contribution >= 0.6 is 0 Å². The van der Waals surface area contributed by atoms with Gasteiger partial charge in [-0.1, -0.05) is 6.92 Å². The average Bonchev–Trinajstić information content (AvgIpc) is 2.61. The molecule has 0 heterocycles. The van der Waals surface area contributed by atoms with Gasteiger partial charge in [0.05, 0.1) is 4.90 Å². The molecule has 28 heavy (non-hydrogen) atoms. The summed E-state index contributed by atoms with van der Waals surface area (Å²) in [6.45, 7) is 18.3. The van der Waals surface area contributed by atoms with Crippen molar-refractivity contribution in [3.05, 3.63) is 27.8 Å². The molecule has 0 saturated heterocycles. The van der Waals surface area contributed by atoms with Gasteiger partial charge >= 0.3 is 0 Å². The van der Waals surface area contributed by atoms with E-state index in [2.05, 4.69) is 35.7 Å². The molecule has 0 bridgehead atoms. The summed E-state index contributed by atoms with van der Waals surface area (Å²) < 4.78 is 28.3. The molecule has 7 heteroatoms. The Morgan fingerprint density at radius 1 is 0.929 bits per heavy atom. The van der Waals surface area contributed by atoms with Crippen molar-refractivity contribution in [2.45, 2.75) is 72.7 Å². The van der Waals surface area contributed by atoms with E-state index in [1.807, 2.05) is 34.6 Å². The van der Waals surface area contributed by atoms with Crippen LogP contribution in [0.3, 0.4) is 0 Å². The van der Waals surface area contributed by atoms with Crippen molar-refractivity contribution in [2.24, 2.45) is 0 Å². The van der Waals surface area contributed by atoms with E-state index in [9.17, 15) is 13.2 Å². The summed E-state index contributed by atoms with van der Waals surface area (Å²) in [7, 11) is -3.67. The normalized spacial score (nSPS) is 12.1. The van der Waals surface area contributed by atoms with E-state index in [0.29, 0.717) is 17.5 Å². The maximum absolute atomic E-state index is 12.8. The molecular weight excluding hydrogens is 374 g/mol. The van der Waals surface area contributed by atoms with Gasteiger partial charge in [0.2, 0.25) is 15.9 Å². The molecule has 0 atom stereocenters. The Bertz CT molecular complexity index is 773. The molecule has 0 aliphatic heterocycles. The minimum atomic E-state index is -3.67. The van der Waals surface area contributed by atoms with Crippen LogP contribution in [-0.2, 0) is 14.8 Å². The van der Waals surface area contributed by atoms with Crippen LogP contribution in [0.5, 0.6) is 0 Å². The fourth-order valence-corrected chi connectivity index (χ4v) is 5.08. The Balaban J connectivity index is 2.67. The third kappa shape index (κ3) is 6.03. The highest BCUT2D eigenvalue weighted by molar-refractivity contribution is 7.89. The van der Waals surface area contributed by atoms with Gasteiger partial charge in [-0.25, -0.2) is 13.1 Å². The van der Waals surface area contributed by atoms with E-state index in [4.69, 9.17) is 0 Å². The molecule has 2 N–H and O–H groups in total. The van der Waals surface area contributed by atoms with Gasteiger partial charge in [0, 0.05) is 32.1 Å². The molecule has 1 amide bonds. The lowest BCUT2D eigenvalue weighted by Crippen LogP contribution is -2.39. The minimum Gasteiger partial charge on any atom is -0.355 e. The second kappa shape index (κ2) is 10.4. The largest absolute Gasteiger partial charge is 0.355 e. The van der Waals surface area contributed by atoms with Crippen LogP contribution in [0.25, 0.3) is 0 Å². The molecule has 1 aromatic carbocycles. The first kappa shape index (κ1) is 24.6. The van der Waals surface area contributed by atoms with Crippen molar-refractivity contribution in [1.29, 1.82) is 0 Å². The Morgan fingerprint density at radius 2 is 1.43 bits per heavy atom. The second-order valence-corrected chi connectivity index (χ2v) is 9.38. The number of benzene rings is 1. The van der Waals surface area contributed by atoms with Gasteiger partial charge < -0.3 is 5.32 Å². The molecule has 6 nitrogen and oxygen atoms in total. The molecule has 0 spiro atoms. The summed E-state index contributed by atoms with van der Waals surface area (Å²) in [6, 6.07) is 0.432. The lowest BCUT2D eigenvalue weighted by molar-refractivity contribution is -0.121. The lowest BCUT2D eigenvalue weighted by Gasteiger charge is -2.24. The molecule has 0 radical (unpaired) electrons. The lowest BCUT2D eigenvalue weighted by atomic mass is 9.95. The number of nitrogens with one attached hydrogen (secondary N) is 2. The van der Waals surface area contributed by atoms with Crippen LogP contribution < -0.4 is 10.0 Å². The van der Waals surface area contributed by atoms with Crippen LogP contribution in [0.4, 0.5) is 0 Å². The molecule has 160 valence electrons. The second-order valence-electron chi connectivity index (χ2n) is 7.67. The SMILES string of the molecule is CCN(CCNC(=O)CCNS(=O)(=O)c1c(C)c(C)c(C)c(C)c1C)C(C)C. The van der Waals surface area contributed by atoms with Crippen molar-refractivity contribution in [2.75, 3.05) is 26.2 Å². The number of hydrogen-bond acceptors (Lipinski definition) is 4. The van der Waals surface area contributed by atoms with Gasteiger partial charge in [0.1, 0.15) is 0 Å². The van der Waals surface area contributed by atoms with Crippen molar-refractivity contribution in [1.82, 2.24) is 14.9 Å². The zero-order valence-corrected chi connectivity index (χ0v) is 19.5. The molecule has 1 rings (SSSR count). The maximum atomic E-state index is 12.8. The number of hydrogen-bond donors (Lipinski definition) is 2. The van der Waals surface area contributed by atoms with Gasteiger partial charge in [0.15, 0.2) is 0 Å². The highest BCUT2D eigenvalue weighted by atomic mass is 32.2. The molecule has 0 aliphatic carbocycles. The number of amides is 1. The molecule has 0 fully saturated rings. The first-order valence-corrected chi connectivity index (χ1v) is 11.5. The minimum absolute atomic E-state index is 0.0840. The number of nitrogens with zero attached hydrogens (tertiary/aromatic N) is 1. The van der Waals surface area contributed by atoms with Gasteiger partial charge in [-0.3, -0.25) is 9.69 Å². The Morgan fingerprint density at radius 3 is 1.89 bits per heavy atom. The fraction of sp³-hybridized carbons (Fsp3) is 0.667. The predicted octanol–water partition coefficient (Wildman–Crippen LogP) is 2.74. The van der Waals surface area contributed by atoms with E-state index in [-0.39, 0.29) is 18.9 Å². The topological polar surface area (TPSA) is 78.5 Å². The first-order chi connectivity index (χ1) is 12.9. The van der Waals surface area contributed by atoms with Gasteiger partial charge in [-0.05, 0) is 82.8 Å². The van der Waals surface area contributed by atoms with Gasteiger partial charge in [0.25, 0.3) is 0 Å². The first-order valence-electron chi connectivity index (χ1n) is 10.0. The van der Waals surface area contributed by atoms with Crippen molar-refractivity contribution in [3.63, 3.8) is 0 Å².